The number of nitrogens with zero attached hydrogens (tertiary/aromatic N) is 2. The van der Waals surface area contributed by atoms with E-state index in [2.05, 4.69) is 5.32 Å². The molecule has 1 aromatic rings. The van der Waals surface area contributed by atoms with Crippen molar-refractivity contribution in [2.24, 2.45) is 0 Å². The van der Waals surface area contributed by atoms with Crippen LogP contribution in [0.4, 0.5) is 15.8 Å². The number of carbonyl (C=O) groups is 1. The number of rotatable bonds is 6. The summed E-state index contributed by atoms with van der Waals surface area (Å²) in [5, 5.41) is 11.0. The molecule has 5 nitrogen and oxygen atoms in total. The third kappa shape index (κ3) is 4.94. The Morgan fingerprint density at radius 3 is 2.95 bits per heavy atom. The van der Waals surface area contributed by atoms with Gasteiger partial charge in [-0.3, -0.25) is 9.69 Å². The van der Waals surface area contributed by atoms with E-state index < -0.39 is 5.82 Å². The van der Waals surface area contributed by atoms with E-state index in [1.807, 2.05) is 17.9 Å². The summed E-state index contributed by atoms with van der Waals surface area (Å²) in [6.07, 6.45) is 0.355. The van der Waals surface area contributed by atoms with Gasteiger partial charge in [0, 0.05) is 18.7 Å². The number of amides is 1. The van der Waals surface area contributed by atoms with E-state index in [4.69, 9.17) is 11.0 Å². The van der Waals surface area contributed by atoms with Crippen LogP contribution in [-0.4, -0.2) is 30.4 Å². The first-order valence-corrected chi connectivity index (χ1v) is 6.01. The summed E-state index contributed by atoms with van der Waals surface area (Å²) in [5.74, 6) is -0.855. The first-order chi connectivity index (χ1) is 9.06. The van der Waals surface area contributed by atoms with Crippen molar-refractivity contribution in [3.05, 3.63) is 24.0 Å². The minimum Gasteiger partial charge on any atom is -0.399 e. The Kier molecular flexibility index (Phi) is 5.76. The van der Waals surface area contributed by atoms with E-state index in [0.29, 0.717) is 25.2 Å². The molecule has 0 saturated heterocycles. The molecule has 0 aliphatic rings. The van der Waals surface area contributed by atoms with Crippen molar-refractivity contribution >= 4 is 17.3 Å². The van der Waals surface area contributed by atoms with Crippen LogP contribution < -0.4 is 11.1 Å². The number of halogens is 1. The molecule has 0 aliphatic carbocycles. The van der Waals surface area contributed by atoms with Crippen molar-refractivity contribution in [2.75, 3.05) is 30.7 Å². The summed E-state index contributed by atoms with van der Waals surface area (Å²) in [5.41, 5.74) is 5.99. The highest BCUT2D eigenvalue weighted by Gasteiger charge is 2.11. The summed E-state index contributed by atoms with van der Waals surface area (Å²) in [4.78, 5) is 13.6. The lowest BCUT2D eigenvalue weighted by molar-refractivity contribution is -0.117. The highest BCUT2D eigenvalue weighted by atomic mass is 19.1. The number of nitrogens with two attached hydrogens (primary N) is 1. The highest BCUT2D eigenvalue weighted by molar-refractivity contribution is 5.92. The number of hydrogen-bond donors (Lipinski definition) is 2. The fourth-order valence-electron chi connectivity index (χ4n) is 1.59. The van der Waals surface area contributed by atoms with Gasteiger partial charge < -0.3 is 11.1 Å². The van der Waals surface area contributed by atoms with Crippen molar-refractivity contribution in [2.45, 2.75) is 13.3 Å². The minimum atomic E-state index is -0.525. The van der Waals surface area contributed by atoms with Gasteiger partial charge in [0.1, 0.15) is 5.82 Å². The first-order valence-electron chi connectivity index (χ1n) is 6.01. The maximum atomic E-state index is 13.4. The molecule has 102 valence electrons. The van der Waals surface area contributed by atoms with E-state index in [-0.39, 0.29) is 18.1 Å². The van der Waals surface area contributed by atoms with Gasteiger partial charge in [-0.05, 0) is 24.7 Å². The number of nitrogen functional groups attached to an aromatic ring is 1. The zero-order valence-corrected chi connectivity index (χ0v) is 10.8. The molecule has 0 fully saturated rings. The Morgan fingerprint density at radius 2 is 2.32 bits per heavy atom. The zero-order chi connectivity index (χ0) is 14.3. The number of likely N-dealkylation sites (N-methyl/N-ethyl adjacent to an activating group) is 1. The van der Waals surface area contributed by atoms with Crippen LogP contribution in [-0.2, 0) is 4.79 Å². The Balaban J connectivity index is 2.59. The molecule has 1 rings (SSSR count). The SMILES string of the molecule is CCN(CCC#N)CC(=O)Nc1cc(N)ccc1F. The molecule has 1 amide bonds. The molecule has 0 aliphatic heterocycles. The van der Waals surface area contributed by atoms with Gasteiger partial charge in [-0.1, -0.05) is 6.92 Å². The normalized spacial score (nSPS) is 10.2. The molecule has 0 saturated carbocycles. The van der Waals surface area contributed by atoms with E-state index >= 15 is 0 Å². The van der Waals surface area contributed by atoms with Crippen molar-refractivity contribution in [3.8, 4) is 6.07 Å². The Bertz CT molecular complexity index is 484. The van der Waals surface area contributed by atoms with E-state index in [0.717, 1.165) is 0 Å². The summed E-state index contributed by atoms with van der Waals surface area (Å²) in [7, 11) is 0. The van der Waals surface area contributed by atoms with E-state index in [1.54, 1.807) is 0 Å². The van der Waals surface area contributed by atoms with E-state index in [1.165, 1.54) is 18.2 Å². The Labute approximate surface area is 111 Å². The highest BCUT2D eigenvalue weighted by Crippen LogP contribution is 2.17. The van der Waals surface area contributed by atoms with Crippen molar-refractivity contribution in [1.82, 2.24) is 4.90 Å². The lowest BCUT2D eigenvalue weighted by Gasteiger charge is -2.18. The monoisotopic (exact) mass is 264 g/mol. The van der Waals surface area contributed by atoms with Crippen LogP contribution in [0.3, 0.4) is 0 Å². The van der Waals surface area contributed by atoms with Crippen molar-refractivity contribution in [3.63, 3.8) is 0 Å². The quantitative estimate of drug-likeness (QED) is 0.764. The molecular weight excluding hydrogens is 247 g/mol. The number of benzene rings is 1. The maximum absolute atomic E-state index is 13.4. The summed E-state index contributed by atoms with van der Waals surface area (Å²) in [6.45, 7) is 3.17. The maximum Gasteiger partial charge on any atom is 0.238 e. The fourth-order valence-corrected chi connectivity index (χ4v) is 1.59. The van der Waals surface area contributed by atoms with Crippen molar-refractivity contribution in [1.29, 1.82) is 5.26 Å². The molecule has 0 atom stereocenters. The third-order valence-corrected chi connectivity index (χ3v) is 2.62. The molecule has 0 heterocycles. The molecule has 19 heavy (non-hydrogen) atoms. The molecule has 0 radical (unpaired) electrons. The first kappa shape index (κ1) is 14.9. The number of nitriles is 1. The molecule has 0 bridgehead atoms. The average Bonchev–Trinajstić information content (AvgIpc) is 2.38. The van der Waals surface area contributed by atoms with Crippen molar-refractivity contribution < 1.29 is 9.18 Å². The summed E-state index contributed by atoms with van der Waals surface area (Å²) in [6, 6.07) is 6.03. The van der Waals surface area contributed by atoms with Crippen LogP contribution in [0.5, 0.6) is 0 Å². The van der Waals surface area contributed by atoms with Gasteiger partial charge in [-0.15, -0.1) is 0 Å². The zero-order valence-electron chi connectivity index (χ0n) is 10.8. The largest absolute Gasteiger partial charge is 0.399 e. The molecule has 0 spiro atoms. The van der Waals surface area contributed by atoms with E-state index in [9.17, 15) is 9.18 Å². The van der Waals surface area contributed by atoms with Crippen LogP contribution in [0.2, 0.25) is 0 Å². The topological polar surface area (TPSA) is 82.2 Å². The standard InChI is InChI=1S/C13H17FN4O/c1-2-18(7-3-6-15)9-13(19)17-12-8-10(16)4-5-11(12)14/h4-5,8H,2-3,7,9,16H2,1H3,(H,17,19). The summed E-state index contributed by atoms with van der Waals surface area (Å²) >= 11 is 0. The second kappa shape index (κ2) is 7.34. The predicted octanol–water partition coefficient (Wildman–Crippen LogP) is 1.58. The van der Waals surface area contributed by atoms with Gasteiger partial charge >= 0.3 is 0 Å². The lowest BCUT2D eigenvalue weighted by Crippen LogP contribution is -2.34. The number of nitrogens with one attached hydrogen (secondary N) is 1. The fraction of sp³-hybridized carbons (Fsp3) is 0.385. The third-order valence-electron chi connectivity index (χ3n) is 2.62. The van der Waals surface area contributed by atoms with Crippen LogP contribution in [0.25, 0.3) is 0 Å². The molecule has 0 aromatic heterocycles. The minimum absolute atomic E-state index is 0.0707. The molecular formula is C13H17FN4O. The average molecular weight is 264 g/mol. The Hall–Kier alpha value is -2.13. The predicted molar refractivity (Wildman–Crippen MR) is 71.8 cm³/mol. The molecule has 6 heteroatoms. The smallest absolute Gasteiger partial charge is 0.238 e. The van der Waals surface area contributed by atoms with Crippen LogP contribution in [0.1, 0.15) is 13.3 Å². The number of hydrogen-bond acceptors (Lipinski definition) is 4. The second-order valence-corrected chi connectivity index (χ2v) is 4.06. The molecule has 0 unspecified atom stereocenters. The van der Waals surface area contributed by atoms with Crippen LogP contribution >= 0.6 is 0 Å². The number of carbonyl (C=O) groups excluding carboxylic acids is 1. The van der Waals surface area contributed by atoms with Crippen LogP contribution in [0.15, 0.2) is 18.2 Å². The molecule has 1 aromatic carbocycles. The van der Waals surface area contributed by atoms with Gasteiger partial charge in [0.25, 0.3) is 0 Å². The molecule has 3 N–H and O–H groups in total. The van der Waals surface area contributed by atoms with Gasteiger partial charge in [-0.2, -0.15) is 5.26 Å². The van der Waals surface area contributed by atoms with Gasteiger partial charge in [-0.25, -0.2) is 4.39 Å². The van der Waals surface area contributed by atoms with Gasteiger partial charge in [0.05, 0.1) is 18.3 Å². The summed E-state index contributed by atoms with van der Waals surface area (Å²) < 4.78 is 13.4. The van der Waals surface area contributed by atoms with Gasteiger partial charge in [0.15, 0.2) is 0 Å². The van der Waals surface area contributed by atoms with Gasteiger partial charge in [0.2, 0.25) is 5.91 Å². The second-order valence-electron chi connectivity index (χ2n) is 4.06. The Morgan fingerprint density at radius 1 is 1.58 bits per heavy atom. The lowest BCUT2D eigenvalue weighted by atomic mass is 10.2. The van der Waals surface area contributed by atoms with Crippen LogP contribution in [0, 0.1) is 17.1 Å². The number of anilines is 2.